The molecular weight excluding hydrogens is 302 g/mol. The number of amides is 2. The zero-order valence-electron chi connectivity index (χ0n) is 11.3. The van der Waals surface area contributed by atoms with Gasteiger partial charge in [0.2, 0.25) is 15.2 Å². The number of carbonyl (C=O) groups excluding carboxylic acids is 1. The van der Waals surface area contributed by atoms with Crippen molar-refractivity contribution in [1.82, 2.24) is 19.8 Å². The predicted molar refractivity (Wildman–Crippen MR) is 76.2 cm³/mol. The molecule has 0 aromatic carbocycles. The predicted octanol–water partition coefficient (Wildman–Crippen LogP) is 0.392. The van der Waals surface area contributed by atoms with Gasteiger partial charge >= 0.3 is 6.03 Å². The Balaban J connectivity index is 1.88. The third-order valence-corrected chi connectivity index (χ3v) is 4.96. The molecule has 0 unspecified atom stereocenters. The van der Waals surface area contributed by atoms with Crippen LogP contribution in [0.5, 0.6) is 0 Å². The summed E-state index contributed by atoms with van der Waals surface area (Å²) in [6.45, 7) is 2.61. The normalized spacial score (nSPS) is 20.6. The number of aromatic nitrogens is 2. The number of sulfonamides is 1. The standard InChI is InChI=1S/C10H17N5O3S2/c1-7-13-14-10(19-7)12-9(16)11-8-4-3-5-15(6-8)20(2,17)18/h8H,3-6H2,1-2H3,(H2,11,12,14,16)/t8-/m1/s1. The number of urea groups is 1. The van der Waals surface area contributed by atoms with Gasteiger partial charge in [-0.2, -0.15) is 0 Å². The molecule has 112 valence electrons. The van der Waals surface area contributed by atoms with Crippen LogP contribution in [-0.4, -0.2) is 54.3 Å². The van der Waals surface area contributed by atoms with Crippen LogP contribution in [0.25, 0.3) is 0 Å². The van der Waals surface area contributed by atoms with Gasteiger partial charge in [0.1, 0.15) is 5.01 Å². The summed E-state index contributed by atoms with van der Waals surface area (Å²) in [7, 11) is -3.21. The average molecular weight is 319 g/mol. The fraction of sp³-hybridized carbons (Fsp3) is 0.700. The molecule has 1 aromatic rings. The fourth-order valence-electron chi connectivity index (χ4n) is 2.03. The maximum atomic E-state index is 11.8. The first-order valence-corrected chi connectivity index (χ1v) is 8.84. The van der Waals surface area contributed by atoms with Crippen LogP contribution in [0.4, 0.5) is 9.93 Å². The van der Waals surface area contributed by atoms with E-state index in [1.54, 1.807) is 6.92 Å². The van der Waals surface area contributed by atoms with Gasteiger partial charge in [0, 0.05) is 19.1 Å². The van der Waals surface area contributed by atoms with Crippen molar-refractivity contribution in [1.29, 1.82) is 0 Å². The van der Waals surface area contributed by atoms with Crippen LogP contribution in [-0.2, 0) is 10.0 Å². The molecule has 2 amide bonds. The molecule has 2 heterocycles. The molecule has 1 aliphatic rings. The minimum absolute atomic E-state index is 0.188. The van der Waals surface area contributed by atoms with Crippen molar-refractivity contribution in [3.8, 4) is 0 Å². The Hall–Kier alpha value is -1.26. The highest BCUT2D eigenvalue weighted by Crippen LogP contribution is 2.15. The number of nitrogens with one attached hydrogen (secondary N) is 2. The summed E-state index contributed by atoms with van der Waals surface area (Å²) in [5.74, 6) is 0. The number of aryl methyl sites for hydroxylation is 1. The molecule has 0 spiro atoms. The van der Waals surface area contributed by atoms with Crippen molar-refractivity contribution >= 4 is 32.5 Å². The van der Waals surface area contributed by atoms with Crippen molar-refractivity contribution in [3.05, 3.63) is 5.01 Å². The molecular formula is C10H17N5O3S2. The lowest BCUT2D eigenvalue weighted by molar-refractivity contribution is 0.236. The molecule has 1 aromatic heterocycles. The zero-order valence-corrected chi connectivity index (χ0v) is 12.9. The number of rotatable bonds is 3. The van der Waals surface area contributed by atoms with E-state index in [0.717, 1.165) is 17.8 Å². The van der Waals surface area contributed by atoms with E-state index in [1.807, 2.05) is 0 Å². The number of piperidine rings is 1. The largest absolute Gasteiger partial charge is 0.334 e. The Morgan fingerprint density at radius 1 is 1.45 bits per heavy atom. The van der Waals surface area contributed by atoms with Gasteiger partial charge in [0.05, 0.1) is 6.26 Å². The van der Waals surface area contributed by atoms with Crippen molar-refractivity contribution in [2.45, 2.75) is 25.8 Å². The van der Waals surface area contributed by atoms with E-state index in [2.05, 4.69) is 20.8 Å². The van der Waals surface area contributed by atoms with E-state index in [9.17, 15) is 13.2 Å². The Bertz CT molecular complexity index is 585. The summed E-state index contributed by atoms with van der Waals surface area (Å²) in [4.78, 5) is 11.8. The van der Waals surface area contributed by atoms with E-state index >= 15 is 0 Å². The minimum Gasteiger partial charge on any atom is -0.334 e. The van der Waals surface area contributed by atoms with Gasteiger partial charge in [-0.1, -0.05) is 11.3 Å². The monoisotopic (exact) mass is 319 g/mol. The lowest BCUT2D eigenvalue weighted by Gasteiger charge is -2.31. The summed E-state index contributed by atoms with van der Waals surface area (Å²) < 4.78 is 24.4. The van der Waals surface area contributed by atoms with E-state index < -0.39 is 10.0 Å². The van der Waals surface area contributed by atoms with Crippen LogP contribution >= 0.6 is 11.3 Å². The van der Waals surface area contributed by atoms with Crippen molar-refractivity contribution in [2.75, 3.05) is 24.7 Å². The van der Waals surface area contributed by atoms with Gasteiger partial charge in [0.15, 0.2) is 0 Å². The molecule has 2 N–H and O–H groups in total. The van der Waals surface area contributed by atoms with Crippen molar-refractivity contribution in [2.24, 2.45) is 0 Å². The third kappa shape index (κ3) is 4.12. The number of hydrogen-bond acceptors (Lipinski definition) is 6. The molecule has 0 aliphatic carbocycles. The summed E-state index contributed by atoms with van der Waals surface area (Å²) >= 11 is 1.28. The van der Waals surface area contributed by atoms with Crippen LogP contribution in [0.2, 0.25) is 0 Å². The van der Waals surface area contributed by atoms with Crippen LogP contribution < -0.4 is 10.6 Å². The Morgan fingerprint density at radius 3 is 2.80 bits per heavy atom. The first kappa shape index (κ1) is 15.1. The molecule has 0 bridgehead atoms. The highest BCUT2D eigenvalue weighted by molar-refractivity contribution is 7.88. The topological polar surface area (TPSA) is 104 Å². The van der Waals surface area contributed by atoms with Gasteiger partial charge in [-0.25, -0.2) is 17.5 Å². The highest BCUT2D eigenvalue weighted by Gasteiger charge is 2.26. The molecule has 1 fully saturated rings. The van der Waals surface area contributed by atoms with Crippen LogP contribution in [0, 0.1) is 6.92 Å². The zero-order chi connectivity index (χ0) is 14.8. The molecule has 20 heavy (non-hydrogen) atoms. The molecule has 1 aliphatic heterocycles. The average Bonchev–Trinajstić information content (AvgIpc) is 2.73. The van der Waals surface area contributed by atoms with E-state index in [1.165, 1.54) is 21.9 Å². The summed E-state index contributed by atoms with van der Waals surface area (Å²) in [5, 5.41) is 14.1. The molecule has 1 atom stereocenters. The number of anilines is 1. The molecule has 1 saturated heterocycles. The van der Waals surface area contributed by atoms with Gasteiger partial charge in [0.25, 0.3) is 0 Å². The number of carbonyl (C=O) groups is 1. The summed E-state index contributed by atoms with van der Waals surface area (Å²) in [6, 6.07) is -0.575. The lowest BCUT2D eigenvalue weighted by Crippen LogP contribution is -2.50. The number of nitrogens with zero attached hydrogens (tertiary/aromatic N) is 3. The molecule has 2 rings (SSSR count). The first-order valence-electron chi connectivity index (χ1n) is 6.17. The van der Waals surface area contributed by atoms with Crippen LogP contribution in [0.1, 0.15) is 17.8 Å². The van der Waals surface area contributed by atoms with Gasteiger partial charge in [-0.05, 0) is 19.8 Å². The summed E-state index contributed by atoms with van der Waals surface area (Å²) in [6.07, 6.45) is 2.67. The van der Waals surface area contributed by atoms with Gasteiger partial charge in [-0.15, -0.1) is 10.2 Å². The first-order chi connectivity index (χ1) is 9.34. The van der Waals surface area contributed by atoms with Crippen LogP contribution in [0.15, 0.2) is 0 Å². The Labute approximate surface area is 121 Å². The van der Waals surface area contributed by atoms with Gasteiger partial charge in [-0.3, -0.25) is 5.32 Å². The Kier molecular flexibility index (Phi) is 4.55. The lowest BCUT2D eigenvalue weighted by atomic mass is 10.1. The van der Waals surface area contributed by atoms with Gasteiger partial charge < -0.3 is 5.32 Å². The highest BCUT2D eigenvalue weighted by atomic mass is 32.2. The van der Waals surface area contributed by atoms with E-state index in [0.29, 0.717) is 18.2 Å². The number of hydrogen-bond donors (Lipinski definition) is 2. The van der Waals surface area contributed by atoms with E-state index in [4.69, 9.17) is 0 Å². The van der Waals surface area contributed by atoms with E-state index in [-0.39, 0.29) is 12.1 Å². The van der Waals surface area contributed by atoms with Crippen molar-refractivity contribution < 1.29 is 13.2 Å². The summed E-state index contributed by atoms with van der Waals surface area (Å²) in [5.41, 5.74) is 0. The fourth-order valence-corrected chi connectivity index (χ4v) is 3.53. The molecule has 10 heteroatoms. The Morgan fingerprint density at radius 2 is 2.20 bits per heavy atom. The minimum atomic E-state index is -3.21. The second kappa shape index (κ2) is 6.02. The quantitative estimate of drug-likeness (QED) is 0.839. The maximum absolute atomic E-state index is 11.8. The second-order valence-electron chi connectivity index (χ2n) is 4.68. The second-order valence-corrected chi connectivity index (χ2v) is 7.85. The molecule has 8 nitrogen and oxygen atoms in total. The van der Waals surface area contributed by atoms with Crippen molar-refractivity contribution in [3.63, 3.8) is 0 Å². The van der Waals surface area contributed by atoms with Crippen LogP contribution in [0.3, 0.4) is 0 Å². The molecule has 0 saturated carbocycles. The third-order valence-electron chi connectivity index (χ3n) is 2.93. The SMILES string of the molecule is Cc1nnc(NC(=O)N[C@@H]2CCCN(S(C)(=O)=O)C2)s1. The maximum Gasteiger partial charge on any atom is 0.321 e. The molecule has 0 radical (unpaired) electrons. The smallest absolute Gasteiger partial charge is 0.321 e.